The molecule has 0 bridgehead atoms. The number of benzene rings is 1. The molecule has 2 aromatic rings. The molecular formula is C13H13BrN2O3. The lowest BCUT2D eigenvalue weighted by atomic mass is 10.1. The van der Waals surface area contributed by atoms with Crippen molar-refractivity contribution in [3.63, 3.8) is 0 Å². The fourth-order valence-electron chi connectivity index (χ4n) is 1.82. The van der Waals surface area contributed by atoms with Gasteiger partial charge in [0, 0.05) is 5.56 Å². The van der Waals surface area contributed by atoms with E-state index in [9.17, 15) is 4.79 Å². The Morgan fingerprint density at radius 3 is 2.84 bits per heavy atom. The van der Waals surface area contributed by atoms with E-state index in [0.717, 1.165) is 16.9 Å². The summed E-state index contributed by atoms with van der Waals surface area (Å²) in [6, 6.07) is 5.67. The number of aromatic amines is 1. The second kappa shape index (κ2) is 5.44. The number of nitrogens with zero attached hydrogens (tertiary/aromatic N) is 1. The Balaban J connectivity index is 2.37. The fourth-order valence-corrected chi connectivity index (χ4v) is 2.24. The average Bonchev–Trinajstić information content (AvgIpc) is 2.70. The van der Waals surface area contributed by atoms with Crippen LogP contribution in [0, 0.1) is 6.92 Å². The number of nitrogens with one attached hydrogen (secondary N) is 1. The Hall–Kier alpha value is -1.82. The van der Waals surface area contributed by atoms with Gasteiger partial charge in [-0.3, -0.25) is 4.79 Å². The van der Waals surface area contributed by atoms with Gasteiger partial charge in [-0.25, -0.2) is 4.98 Å². The molecule has 1 aromatic heterocycles. The zero-order chi connectivity index (χ0) is 14.0. The summed E-state index contributed by atoms with van der Waals surface area (Å²) < 4.78 is 5.73. The van der Waals surface area contributed by atoms with Crippen LogP contribution in [0.3, 0.4) is 0 Å². The van der Waals surface area contributed by atoms with Crippen LogP contribution >= 0.6 is 15.9 Å². The number of aryl methyl sites for hydroxylation is 1. The second-order valence-corrected chi connectivity index (χ2v) is 4.86. The Morgan fingerprint density at radius 1 is 1.53 bits per heavy atom. The van der Waals surface area contributed by atoms with Gasteiger partial charge in [-0.2, -0.15) is 0 Å². The number of aromatic nitrogens is 2. The minimum absolute atomic E-state index is 0.0945. The molecule has 0 aliphatic rings. The van der Waals surface area contributed by atoms with Crippen molar-refractivity contribution in [1.82, 2.24) is 9.97 Å². The molecule has 0 atom stereocenters. The van der Waals surface area contributed by atoms with Crippen LogP contribution < -0.4 is 4.74 Å². The first kappa shape index (κ1) is 13.6. The standard InChI is InChI=1S/C13H13BrN2O3/c1-7-5-8(3-4-10(7)19-2)13-15-9(6-11(17)18)12(14)16-13/h3-5H,6H2,1-2H3,(H,15,16)(H,17,18). The molecule has 1 aromatic carbocycles. The molecule has 0 spiro atoms. The average molecular weight is 325 g/mol. The maximum atomic E-state index is 10.7. The normalized spacial score (nSPS) is 10.5. The monoisotopic (exact) mass is 324 g/mol. The van der Waals surface area contributed by atoms with Crippen LogP contribution in [0.25, 0.3) is 11.4 Å². The summed E-state index contributed by atoms with van der Waals surface area (Å²) >= 11 is 3.26. The number of aliphatic carboxylic acids is 1. The highest BCUT2D eigenvalue weighted by Gasteiger charge is 2.13. The van der Waals surface area contributed by atoms with Gasteiger partial charge < -0.3 is 14.8 Å². The van der Waals surface area contributed by atoms with Crippen LogP contribution in [0.2, 0.25) is 0 Å². The Kier molecular flexibility index (Phi) is 3.90. The summed E-state index contributed by atoms with van der Waals surface area (Å²) in [6.07, 6.45) is -0.0945. The van der Waals surface area contributed by atoms with E-state index >= 15 is 0 Å². The van der Waals surface area contributed by atoms with Crippen molar-refractivity contribution in [2.24, 2.45) is 0 Å². The zero-order valence-corrected chi connectivity index (χ0v) is 12.1. The summed E-state index contributed by atoms with van der Waals surface area (Å²) in [5.74, 6) is 0.538. The van der Waals surface area contributed by atoms with Gasteiger partial charge in [-0.05, 0) is 46.6 Å². The molecule has 2 rings (SSSR count). The quantitative estimate of drug-likeness (QED) is 0.906. The number of H-pyrrole nitrogens is 1. The number of hydrogen-bond donors (Lipinski definition) is 2. The third kappa shape index (κ3) is 2.96. The van der Waals surface area contributed by atoms with E-state index in [-0.39, 0.29) is 6.42 Å². The Bertz CT molecular complexity index is 622. The van der Waals surface area contributed by atoms with Gasteiger partial charge >= 0.3 is 5.97 Å². The predicted molar refractivity (Wildman–Crippen MR) is 74.4 cm³/mol. The molecule has 100 valence electrons. The number of halogens is 1. The number of hydrogen-bond acceptors (Lipinski definition) is 3. The molecule has 0 radical (unpaired) electrons. The summed E-state index contributed by atoms with van der Waals surface area (Å²) in [7, 11) is 1.62. The number of carboxylic acid groups (broad SMARTS) is 1. The van der Waals surface area contributed by atoms with Gasteiger partial charge in [0.1, 0.15) is 16.2 Å². The predicted octanol–water partition coefficient (Wildman–Crippen LogP) is 2.78. The molecule has 0 unspecified atom stereocenters. The Labute approximate surface area is 118 Å². The minimum atomic E-state index is -0.901. The summed E-state index contributed by atoms with van der Waals surface area (Å²) in [4.78, 5) is 18.0. The van der Waals surface area contributed by atoms with E-state index in [1.54, 1.807) is 7.11 Å². The van der Waals surface area contributed by atoms with E-state index in [0.29, 0.717) is 16.1 Å². The molecule has 0 saturated carbocycles. The molecule has 0 fully saturated rings. The molecule has 0 aliphatic carbocycles. The van der Waals surface area contributed by atoms with E-state index in [1.165, 1.54) is 0 Å². The van der Waals surface area contributed by atoms with E-state index in [1.807, 2.05) is 25.1 Å². The third-order valence-corrected chi connectivity index (χ3v) is 3.38. The summed E-state index contributed by atoms with van der Waals surface area (Å²) in [6.45, 7) is 1.94. The van der Waals surface area contributed by atoms with Crippen LogP contribution in [0.4, 0.5) is 0 Å². The topological polar surface area (TPSA) is 75.2 Å². The fraction of sp³-hybridized carbons (Fsp3) is 0.231. The number of imidazole rings is 1. The SMILES string of the molecule is COc1ccc(-c2nc(Br)c(CC(=O)O)[nH]2)cc1C. The molecule has 6 heteroatoms. The molecule has 0 aliphatic heterocycles. The maximum Gasteiger partial charge on any atom is 0.309 e. The van der Waals surface area contributed by atoms with Crippen molar-refractivity contribution < 1.29 is 14.6 Å². The number of carbonyl (C=O) groups is 1. The second-order valence-electron chi connectivity index (χ2n) is 4.11. The van der Waals surface area contributed by atoms with Gasteiger partial charge in [0.15, 0.2) is 0 Å². The zero-order valence-electron chi connectivity index (χ0n) is 10.5. The highest BCUT2D eigenvalue weighted by molar-refractivity contribution is 9.10. The largest absolute Gasteiger partial charge is 0.496 e. The number of rotatable bonds is 4. The summed E-state index contributed by atoms with van der Waals surface area (Å²) in [5, 5.41) is 8.80. The number of methoxy groups -OCH3 is 1. The first-order valence-corrected chi connectivity index (χ1v) is 6.41. The van der Waals surface area contributed by atoms with Crippen molar-refractivity contribution in [3.8, 4) is 17.1 Å². The van der Waals surface area contributed by atoms with Gasteiger partial charge in [0.25, 0.3) is 0 Å². The summed E-state index contributed by atoms with van der Waals surface area (Å²) in [5.41, 5.74) is 2.43. The Morgan fingerprint density at radius 2 is 2.26 bits per heavy atom. The molecule has 19 heavy (non-hydrogen) atoms. The maximum absolute atomic E-state index is 10.7. The van der Waals surface area contributed by atoms with E-state index < -0.39 is 5.97 Å². The third-order valence-electron chi connectivity index (χ3n) is 2.72. The van der Waals surface area contributed by atoms with Crippen LogP contribution in [0.1, 0.15) is 11.3 Å². The molecular weight excluding hydrogens is 312 g/mol. The van der Waals surface area contributed by atoms with Gasteiger partial charge in [0.2, 0.25) is 0 Å². The van der Waals surface area contributed by atoms with Crippen molar-refractivity contribution in [2.45, 2.75) is 13.3 Å². The molecule has 0 saturated heterocycles. The lowest BCUT2D eigenvalue weighted by molar-refractivity contribution is -0.136. The number of carboxylic acids is 1. The molecule has 1 heterocycles. The van der Waals surface area contributed by atoms with Gasteiger partial charge in [-0.1, -0.05) is 0 Å². The van der Waals surface area contributed by atoms with Crippen molar-refractivity contribution in [1.29, 1.82) is 0 Å². The molecule has 0 amide bonds. The van der Waals surface area contributed by atoms with Gasteiger partial charge in [-0.15, -0.1) is 0 Å². The smallest absolute Gasteiger partial charge is 0.309 e. The first-order valence-electron chi connectivity index (χ1n) is 5.62. The van der Waals surface area contributed by atoms with E-state index in [2.05, 4.69) is 25.9 Å². The van der Waals surface area contributed by atoms with Crippen LogP contribution in [0.15, 0.2) is 22.8 Å². The first-order chi connectivity index (χ1) is 9.01. The van der Waals surface area contributed by atoms with Crippen molar-refractivity contribution >= 4 is 21.9 Å². The van der Waals surface area contributed by atoms with Gasteiger partial charge in [0.05, 0.1) is 19.2 Å². The lowest BCUT2D eigenvalue weighted by Crippen LogP contribution is -2.00. The van der Waals surface area contributed by atoms with Crippen molar-refractivity contribution in [3.05, 3.63) is 34.1 Å². The molecule has 5 nitrogen and oxygen atoms in total. The minimum Gasteiger partial charge on any atom is -0.496 e. The van der Waals surface area contributed by atoms with Crippen molar-refractivity contribution in [2.75, 3.05) is 7.11 Å². The van der Waals surface area contributed by atoms with E-state index in [4.69, 9.17) is 9.84 Å². The highest BCUT2D eigenvalue weighted by atomic mass is 79.9. The van der Waals surface area contributed by atoms with Crippen LogP contribution in [0.5, 0.6) is 5.75 Å². The number of ether oxygens (including phenoxy) is 1. The highest BCUT2D eigenvalue weighted by Crippen LogP contribution is 2.26. The van der Waals surface area contributed by atoms with Crippen LogP contribution in [-0.2, 0) is 11.2 Å². The van der Waals surface area contributed by atoms with Crippen LogP contribution in [-0.4, -0.2) is 28.2 Å². The molecule has 2 N–H and O–H groups in total. The lowest BCUT2D eigenvalue weighted by Gasteiger charge is -2.05.